The van der Waals surface area contributed by atoms with Crippen molar-refractivity contribution in [2.24, 2.45) is 16.8 Å². The lowest BCUT2D eigenvalue weighted by atomic mass is 10.1. The van der Waals surface area contributed by atoms with Crippen molar-refractivity contribution in [1.82, 2.24) is 0 Å². The van der Waals surface area contributed by atoms with E-state index in [2.05, 4.69) is 5.16 Å². The van der Waals surface area contributed by atoms with Crippen LogP contribution < -0.4 is 10.6 Å². The van der Waals surface area contributed by atoms with Crippen molar-refractivity contribution >= 4 is 34.9 Å². The number of benzene rings is 3. The van der Waals surface area contributed by atoms with E-state index in [1.165, 1.54) is 12.1 Å². The van der Waals surface area contributed by atoms with Crippen LogP contribution in [0.5, 0.6) is 0 Å². The molecule has 3 amide bonds. The smallest absolute Gasteiger partial charge is 0.326 e. The Labute approximate surface area is 199 Å². The van der Waals surface area contributed by atoms with Gasteiger partial charge in [0.25, 0.3) is 5.91 Å². The summed E-state index contributed by atoms with van der Waals surface area (Å²) in [5.74, 6) is -3.04. The van der Waals surface area contributed by atoms with Crippen LogP contribution in [0.3, 0.4) is 0 Å². The average Bonchev–Trinajstić information content (AvgIpc) is 3.64. The van der Waals surface area contributed by atoms with E-state index in [0.29, 0.717) is 21.4 Å². The number of halogens is 3. The van der Waals surface area contributed by atoms with Gasteiger partial charge >= 0.3 is 6.03 Å². The Bertz CT molecular complexity index is 1220. The number of oxime groups is 1. The Balaban J connectivity index is 1.48. The van der Waals surface area contributed by atoms with Crippen molar-refractivity contribution < 1.29 is 23.2 Å². The fourth-order valence-corrected chi connectivity index (χ4v) is 3.54. The van der Waals surface area contributed by atoms with Crippen molar-refractivity contribution in [1.29, 1.82) is 0 Å². The number of carbonyl (C=O) groups is 2. The predicted molar refractivity (Wildman–Crippen MR) is 125 cm³/mol. The fraction of sp³-hybridized carbons (Fsp3) is 0.160. The molecule has 0 saturated heterocycles. The fourth-order valence-electron chi connectivity index (χ4n) is 3.42. The number of urea groups is 1. The molecule has 9 heteroatoms. The summed E-state index contributed by atoms with van der Waals surface area (Å²) in [5, 5.41) is 4.95. The van der Waals surface area contributed by atoms with Gasteiger partial charge in [0.05, 0.1) is 11.4 Å². The molecule has 2 N–H and O–H groups in total. The number of nitrogens with two attached hydrogens (primary N) is 1. The zero-order chi connectivity index (χ0) is 24.2. The second-order valence-corrected chi connectivity index (χ2v) is 8.21. The van der Waals surface area contributed by atoms with Crippen LogP contribution >= 0.6 is 11.6 Å². The normalized spacial score (nSPS) is 13.4. The van der Waals surface area contributed by atoms with Gasteiger partial charge in [0.1, 0.15) is 23.8 Å². The molecular formula is C25H20ClF2N3O3. The standard InChI is InChI=1S/C25H20ClF2N3O3/c26-18-10-8-17(9-11-18)23(16-6-7-16)30-34-14-15-4-12-19(13-5-15)31(25(29)33)24(32)22-20(27)2-1-3-21(22)28/h1-5,8-13,16H,6-7,14H2,(H2,29,33)/b30-23-. The monoisotopic (exact) mass is 483 g/mol. The van der Waals surface area contributed by atoms with Crippen LogP contribution in [0.1, 0.15) is 34.3 Å². The molecule has 1 aliphatic carbocycles. The maximum absolute atomic E-state index is 14.0. The van der Waals surface area contributed by atoms with Crippen molar-refractivity contribution in [3.8, 4) is 0 Å². The molecule has 3 aromatic rings. The zero-order valence-corrected chi connectivity index (χ0v) is 18.6. The van der Waals surface area contributed by atoms with Crippen LogP contribution in [0, 0.1) is 17.6 Å². The summed E-state index contributed by atoms with van der Waals surface area (Å²) >= 11 is 5.96. The van der Waals surface area contributed by atoms with Crippen molar-refractivity contribution in [2.75, 3.05) is 4.90 Å². The molecule has 0 bridgehead atoms. The molecule has 174 valence electrons. The van der Waals surface area contributed by atoms with Gasteiger partial charge in [-0.2, -0.15) is 0 Å². The molecule has 34 heavy (non-hydrogen) atoms. The maximum Gasteiger partial charge on any atom is 0.326 e. The Morgan fingerprint density at radius 2 is 1.62 bits per heavy atom. The molecular weight excluding hydrogens is 464 g/mol. The highest BCUT2D eigenvalue weighted by atomic mass is 35.5. The lowest BCUT2D eigenvalue weighted by molar-refractivity contribution is 0.0987. The minimum atomic E-state index is -1.20. The Hall–Kier alpha value is -3.78. The zero-order valence-electron chi connectivity index (χ0n) is 17.9. The third-order valence-corrected chi connectivity index (χ3v) is 5.54. The number of nitrogens with zero attached hydrogens (tertiary/aromatic N) is 2. The summed E-state index contributed by atoms with van der Waals surface area (Å²) in [6.07, 6.45) is 2.08. The quantitative estimate of drug-likeness (QED) is 0.347. The van der Waals surface area contributed by atoms with E-state index < -0.39 is 29.1 Å². The van der Waals surface area contributed by atoms with E-state index in [0.717, 1.165) is 42.3 Å². The molecule has 0 atom stereocenters. The van der Waals surface area contributed by atoms with Crippen molar-refractivity contribution in [3.05, 3.63) is 100 Å². The summed E-state index contributed by atoms with van der Waals surface area (Å²) in [6.45, 7) is 0.135. The molecule has 1 saturated carbocycles. The van der Waals surface area contributed by atoms with Crippen LogP contribution in [0.4, 0.5) is 19.3 Å². The van der Waals surface area contributed by atoms with E-state index in [1.807, 2.05) is 12.1 Å². The molecule has 0 spiro atoms. The summed E-state index contributed by atoms with van der Waals surface area (Å²) in [6, 6.07) is 15.3. The average molecular weight is 484 g/mol. The van der Waals surface area contributed by atoms with Gasteiger partial charge in [0.15, 0.2) is 0 Å². The summed E-state index contributed by atoms with van der Waals surface area (Å²) in [4.78, 5) is 30.7. The highest BCUT2D eigenvalue weighted by molar-refractivity contribution is 6.30. The largest absolute Gasteiger partial charge is 0.391 e. The first-order valence-corrected chi connectivity index (χ1v) is 10.9. The van der Waals surface area contributed by atoms with E-state index in [9.17, 15) is 18.4 Å². The van der Waals surface area contributed by atoms with Gasteiger partial charge < -0.3 is 10.6 Å². The molecule has 0 heterocycles. The van der Waals surface area contributed by atoms with Gasteiger partial charge in [-0.15, -0.1) is 0 Å². The molecule has 0 unspecified atom stereocenters. The minimum absolute atomic E-state index is 0.0623. The first kappa shape index (κ1) is 23.4. The summed E-state index contributed by atoms with van der Waals surface area (Å²) in [7, 11) is 0. The topological polar surface area (TPSA) is 85.0 Å². The van der Waals surface area contributed by atoms with Crippen molar-refractivity contribution in [3.63, 3.8) is 0 Å². The Morgan fingerprint density at radius 3 is 2.18 bits per heavy atom. The number of amides is 3. The Kier molecular flexibility index (Phi) is 6.88. The van der Waals surface area contributed by atoms with Gasteiger partial charge in [-0.25, -0.2) is 18.5 Å². The second-order valence-electron chi connectivity index (χ2n) is 7.77. The number of imide groups is 1. The molecule has 0 aromatic heterocycles. The first-order chi connectivity index (χ1) is 16.3. The number of hydrogen-bond donors (Lipinski definition) is 1. The Morgan fingerprint density at radius 1 is 1.00 bits per heavy atom. The number of hydrogen-bond acceptors (Lipinski definition) is 4. The number of anilines is 1. The van der Waals surface area contributed by atoms with Gasteiger partial charge in [0, 0.05) is 10.9 Å². The van der Waals surface area contributed by atoms with Crippen LogP contribution in [0.15, 0.2) is 71.9 Å². The minimum Gasteiger partial charge on any atom is -0.391 e. The summed E-state index contributed by atoms with van der Waals surface area (Å²) < 4.78 is 28.1. The van der Waals surface area contributed by atoms with E-state index >= 15 is 0 Å². The summed E-state index contributed by atoms with van der Waals surface area (Å²) in [5.41, 5.74) is 7.02. The molecule has 3 aromatic carbocycles. The van der Waals surface area contributed by atoms with Crippen LogP contribution in [0.25, 0.3) is 0 Å². The molecule has 6 nitrogen and oxygen atoms in total. The molecule has 1 fully saturated rings. The lowest BCUT2D eigenvalue weighted by Gasteiger charge is -2.19. The number of rotatable bonds is 7. The van der Waals surface area contributed by atoms with Gasteiger partial charge in [0.2, 0.25) is 0 Å². The molecule has 0 radical (unpaired) electrons. The van der Waals surface area contributed by atoms with Gasteiger partial charge in [-0.1, -0.05) is 47.1 Å². The molecule has 1 aliphatic rings. The van der Waals surface area contributed by atoms with Crippen LogP contribution in [-0.2, 0) is 11.4 Å². The maximum atomic E-state index is 14.0. The van der Waals surface area contributed by atoms with Crippen molar-refractivity contribution in [2.45, 2.75) is 19.4 Å². The van der Waals surface area contributed by atoms with Gasteiger partial charge in [-0.05, 0) is 60.4 Å². The van der Waals surface area contributed by atoms with Crippen LogP contribution in [0.2, 0.25) is 5.02 Å². The lowest BCUT2D eigenvalue weighted by Crippen LogP contribution is -2.41. The third-order valence-electron chi connectivity index (χ3n) is 5.29. The second kappa shape index (κ2) is 10.0. The number of primary amides is 1. The van der Waals surface area contributed by atoms with Crippen LogP contribution in [-0.4, -0.2) is 17.6 Å². The van der Waals surface area contributed by atoms with E-state index in [4.69, 9.17) is 22.2 Å². The molecule has 0 aliphatic heterocycles. The highest BCUT2D eigenvalue weighted by Crippen LogP contribution is 2.34. The highest BCUT2D eigenvalue weighted by Gasteiger charge is 2.30. The number of carbonyl (C=O) groups excluding carboxylic acids is 2. The molecule has 4 rings (SSSR count). The van der Waals surface area contributed by atoms with E-state index in [-0.39, 0.29) is 12.3 Å². The first-order valence-electron chi connectivity index (χ1n) is 10.5. The predicted octanol–water partition coefficient (Wildman–Crippen LogP) is 5.67. The van der Waals surface area contributed by atoms with Gasteiger partial charge in [-0.3, -0.25) is 4.79 Å². The van der Waals surface area contributed by atoms with E-state index in [1.54, 1.807) is 24.3 Å². The third kappa shape index (κ3) is 5.23. The SMILES string of the molecule is NC(=O)N(C(=O)c1c(F)cccc1F)c1ccc(CO/N=C(\c2ccc(Cl)cc2)C2CC2)cc1.